The molecule has 2 aromatic rings. The van der Waals surface area contributed by atoms with Gasteiger partial charge in [0.1, 0.15) is 12.2 Å². The van der Waals surface area contributed by atoms with Gasteiger partial charge in [-0.3, -0.25) is 9.59 Å². The fourth-order valence-electron chi connectivity index (χ4n) is 3.78. The first kappa shape index (κ1) is 24.6. The largest absolute Gasteiger partial charge is 0.477 e. The molecular formula is C22H26N2O9. The molecule has 6 atom stereocenters. The number of benzene rings is 2. The number of amides is 2. The number of hydrogen-bond donors (Lipinski definition) is 7. The molecule has 0 bridgehead atoms. The highest BCUT2D eigenvalue weighted by atomic mass is 16.7. The molecule has 33 heavy (non-hydrogen) atoms. The number of hydrogen-bond acceptors (Lipinski definition) is 8. The summed E-state index contributed by atoms with van der Waals surface area (Å²) in [6, 6.07) is 11.1. The minimum Gasteiger partial charge on any atom is -0.477 e. The molecule has 11 nitrogen and oxygen atoms in total. The predicted molar refractivity (Wildman–Crippen MR) is 114 cm³/mol. The minimum atomic E-state index is -2.84. The van der Waals surface area contributed by atoms with Crippen molar-refractivity contribution in [1.29, 1.82) is 0 Å². The number of aliphatic hydroxyl groups is 4. The van der Waals surface area contributed by atoms with Gasteiger partial charge in [-0.25, -0.2) is 4.79 Å². The normalized spacial score (nSPS) is 26.9. The van der Waals surface area contributed by atoms with Gasteiger partial charge in [0, 0.05) is 25.5 Å². The topological polar surface area (TPSA) is 186 Å². The van der Waals surface area contributed by atoms with Gasteiger partial charge in [0.05, 0.1) is 18.2 Å². The first-order valence-electron chi connectivity index (χ1n) is 10.2. The molecule has 1 saturated heterocycles. The summed E-state index contributed by atoms with van der Waals surface area (Å²) in [5.41, 5.74) is 0.316. The fourth-order valence-corrected chi connectivity index (χ4v) is 3.78. The second-order valence-corrected chi connectivity index (χ2v) is 8.00. The Kier molecular flexibility index (Phi) is 7.30. The van der Waals surface area contributed by atoms with E-state index in [0.717, 1.165) is 17.7 Å². The molecule has 2 amide bonds. The van der Waals surface area contributed by atoms with Gasteiger partial charge < -0.3 is 40.9 Å². The number of carbonyl (C=O) groups is 3. The molecule has 1 heterocycles. The van der Waals surface area contributed by atoms with Crippen molar-refractivity contribution in [1.82, 2.24) is 10.6 Å². The van der Waals surface area contributed by atoms with E-state index in [1.54, 1.807) is 18.2 Å². The van der Waals surface area contributed by atoms with Crippen molar-refractivity contribution in [2.75, 3.05) is 6.54 Å². The van der Waals surface area contributed by atoms with Gasteiger partial charge in [0.25, 0.3) is 11.7 Å². The number of aliphatic hydroxyl groups excluding tert-OH is 3. The maximum Gasteiger partial charge on any atom is 0.364 e. The number of carboxylic acid groups (broad SMARTS) is 1. The molecule has 178 valence electrons. The van der Waals surface area contributed by atoms with E-state index >= 15 is 0 Å². The van der Waals surface area contributed by atoms with Gasteiger partial charge in [0.2, 0.25) is 5.91 Å². The lowest BCUT2D eigenvalue weighted by molar-refractivity contribution is -0.294. The predicted octanol–water partition coefficient (Wildman–Crippen LogP) is -1.28. The van der Waals surface area contributed by atoms with Gasteiger partial charge >= 0.3 is 5.97 Å². The summed E-state index contributed by atoms with van der Waals surface area (Å²) < 4.78 is 5.10. The van der Waals surface area contributed by atoms with Crippen LogP contribution in [0, 0.1) is 0 Å². The van der Waals surface area contributed by atoms with Gasteiger partial charge in [-0.1, -0.05) is 30.3 Å². The van der Waals surface area contributed by atoms with E-state index in [4.69, 9.17) is 4.74 Å². The summed E-state index contributed by atoms with van der Waals surface area (Å²) in [5.74, 6) is -5.79. The zero-order chi connectivity index (χ0) is 24.3. The van der Waals surface area contributed by atoms with E-state index in [-0.39, 0.29) is 0 Å². The number of aliphatic carboxylic acids is 1. The average molecular weight is 462 g/mol. The van der Waals surface area contributed by atoms with Crippen molar-refractivity contribution in [3.05, 3.63) is 48.0 Å². The van der Waals surface area contributed by atoms with E-state index in [1.165, 1.54) is 0 Å². The third-order valence-electron chi connectivity index (χ3n) is 5.50. The maximum absolute atomic E-state index is 12.5. The van der Waals surface area contributed by atoms with Crippen LogP contribution in [0.15, 0.2) is 42.5 Å². The molecule has 7 N–H and O–H groups in total. The van der Waals surface area contributed by atoms with Crippen LogP contribution in [0.4, 0.5) is 0 Å². The Hall–Kier alpha value is -3.09. The molecule has 0 aliphatic carbocycles. The Morgan fingerprint density at radius 2 is 1.82 bits per heavy atom. The third kappa shape index (κ3) is 5.46. The lowest BCUT2D eigenvalue weighted by atomic mass is 9.88. The highest BCUT2D eigenvalue weighted by Crippen LogP contribution is 2.30. The van der Waals surface area contributed by atoms with Gasteiger partial charge in [-0.15, -0.1) is 0 Å². The summed E-state index contributed by atoms with van der Waals surface area (Å²) in [7, 11) is 0. The Balaban J connectivity index is 1.71. The summed E-state index contributed by atoms with van der Waals surface area (Å²) in [5, 5.41) is 57.2. The van der Waals surface area contributed by atoms with Crippen LogP contribution in [0.5, 0.6) is 0 Å². The van der Waals surface area contributed by atoms with Crippen LogP contribution >= 0.6 is 0 Å². The van der Waals surface area contributed by atoms with Gasteiger partial charge in [-0.05, 0) is 22.9 Å². The summed E-state index contributed by atoms with van der Waals surface area (Å²) in [6.07, 6.45) is -7.61. The quantitative estimate of drug-likeness (QED) is 0.263. The summed E-state index contributed by atoms with van der Waals surface area (Å²) >= 11 is 0. The highest BCUT2D eigenvalue weighted by molar-refractivity contribution is 5.98. The van der Waals surface area contributed by atoms with Gasteiger partial charge in [-0.2, -0.15) is 0 Å². The van der Waals surface area contributed by atoms with E-state index < -0.39 is 67.0 Å². The SMILES string of the molecule is CC(=O)N[C@H]1[C@H]([C@H](O)[C@H](O)CNC(=O)c2ccc3ccccc3c2)O[C@@](O)(C(=O)O)C[C@@H]1O. The second kappa shape index (κ2) is 9.81. The smallest absolute Gasteiger partial charge is 0.364 e. The lowest BCUT2D eigenvalue weighted by Gasteiger charge is -2.44. The standard InChI is InChI=1S/C22H26N2O9/c1-11(25)24-17-15(26)9-22(32,21(30)31)33-19(17)18(28)16(27)10-23-20(29)14-7-6-12-4-2-3-5-13(12)8-14/h2-8,15-19,26-28,32H,9-10H2,1H3,(H,23,29)(H,24,25)(H,30,31)/t15-,16+,17+,18+,19+,22+/m0/s1. The zero-order valence-electron chi connectivity index (χ0n) is 17.7. The number of nitrogens with one attached hydrogen (secondary N) is 2. The monoisotopic (exact) mass is 462 g/mol. The van der Waals surface area contributed by atoms with Gasteiger partial charge in [0.15, 0.2) is 0 Å². The molecular weight excluding hydrogens is 436 g/mol. The van der Waals surface area contributed by atoms with Crippen molar-refractivity contribution in [2.45, 2.75) is 49.6 Å². The zero-order valence-corrected chi connectivity index (χ0v) is 17.7. The van der Waals surface area contributed by atoms with Crippen LogP contribution in [0.1, 0.15) is 23.7 Å². The number of fused-ring (bicyclic) bond motifs is 1. The molecule has 1 fully saturated rings. The number of carbonyl (C=O) groups excluding carboxylic acids is 2. The van der Waals surface area contributed by atoms with Crippen molar-refractivity contribution in [3.63, 3.8) is 0 Å². The Bertz CT molecular complexity index is 1050. The number of ether oxygens (including phenoxy) is 1. The van der Waals surface area contributed by atoms with E-state index in [9.17, 15) is 39.9 Å². The van der Waals surface area contributed by atoms with E-state index in [0.29, 0.717) is 5.56 Å². The maximum atomic E-state index is 12.5. The van der Waals surface area contributed by atoms with Crippen LogP contribution in [0.25, 0.3) is 10.8 Å². The van der Waals surface area contributed by atoms with E-state index in [1.807, 2.05) is 24.3 Å². The third-order valence-corrected chi connectivity index (χ3v) is 5.50. The molecule has 0 saturated carbocycles. The summed E-state index contributed by atoms with van der Waals surface area (Å²) in [6.45, 7) is 0.676. The molecule has 11 heteroatoms. The Morgan fingerprint density at radius 3 is 2.45 bits per heavy atom. The average Bonchev–Trinajstić information content (AvgIpc) is 2.77. The van der Waals surface area contributed by atoms with Crippen LogP contribution in [-0.4, -0.2) is 86.1 Å². The minimum absolute atomic E-state index is 0.316. The van der Waals surface area contributed by atoms with Crippen molar-refractivity contribution in [3.8, 4) is 0 Å². The molecule has 0 unspecified atom stereocenters. The molecule has 0 aromatic heterocycles. The summed E-state index contributed by atoms with van der Waals surface area (Å²) in [4.78, 5) is 35.4. The van der Waals surface area contributed by atoms with Crippen LogP contribution in [0.3, 0.4) is 0 Å². The molecule has 1 aliphatic heterocycles. The fraction of sp³-hybridized carbons (Fsp3) is 0.409. The molecule has 0 spiro atoms. The lowest BCUT2D eigenvalue weighted by Crippen LogP contribution is -2.67. The van der Waals surface area contributed by atoms with Crippen molar-refractivity contribution >= 4 is 28.6 Å². The Labute approximate surface area is 188 Å². The van der Waals surface area contributed by atoms with Crippen LogP contribution in [-0.2, 0) is 14.3 Å². The Morgan fingerprint density at radius 1 is 1.15 bits per heavy atom. The second-order valence-electron chi connectivity index (χ2n) is 8.00. The van der Waals surface area contributed by atoms with Crippen LogP contribution < -0.4 is 10.6 Å². The number of rotatable bonds is 7. The van der Waals surface area contributed by atoms with Crippen molar-refractivity contribution < 1.29 is 44.7 Å². The molecule has 0 radical (unpaired) electrons. The first-order valence-corrected chi connectivity index (χ1v) is 10.2. The number of carboxylic acids is 1. The highest BCUT2D eigenvalue weighted by Gasteiger charge is 2.53. The molecule has 2 aromatic carbocycles. The van der Waals surface area contributed by atoms with Crippen LogP contribution in [0.2, 0.25) is 0 Å². The van der Waals surface area contributed by atoms with E-state index in [2.05, 4.69) is 10.6 Å². The molecule has 3 rings (SSSR count). The van der Waals surface area contributed by atoms with Crippen molar-refractivity contribution in [2.24, 2.45) is 0 Å². The first-order chi connectivity index (χ1) is 15.5. The molecule has 1 aliphatic rings.